The van der Waals surface area contributed by atoms with Crippen LogP contribution in [0, 0.1) is 0 Å². The van der Waals surface area contributed by atoms with Gasteiger partial charge in [0.15, 0.2) is 5.82 Å². The van der Waals surface area contributed by atoms with Crippen LogP contribution in [0.4, 0.5) is 10.2 Å². The minimum absolute atomic E-state index is 0.0367. The van der Waals surface area contributed by atoms with Crippen molar-refractivity contribution >= 4 is 5.82 Å². The number of hydrogen-bond donors (Lipinski definition) is 0. The number of nitrogens with zero attached hydrogens (tertiary/aromatic N) is 4. The Bertz CT molecular complexity index is 454. The molecular formula is C13H19FN4. The molecule has 1 aromatic rings. The molecule has 4 nitrogen and oxygen atoms in total. The van der Waals surface area contributed by atoms with Gasteiger partial charge in [-0.1, -0.05) is 0 Å². The van der Waals surface area contributed by atoms with Crippen molar-refractivity contribution in [2.24, 2.45) is 0 Å². The summed E-state index contributed by atoms with van der Waals surface area (Å²) in [6.07, 6.45) is 2.14. The van der Waals surface area contributed by atoms with E-state index < -0.39 is 6.17 Å². The second kappa shape index (κ2) is 4.46. The number of halogens is 1. The van der Waals surface area contributed by atoms with Gasteiger partial charge in [-0.2, -0.15) is 5.10 Å². The molecule has 2 fully saturated rings. The SMILES string of the molecule is [2H]c1ccc(N(C)[C@H]2C[C@@H]3CC[C@H]([C@H]2F)N3C)nn1. The van der Waals surface area contributed by atoms with Crippen LogP contribution >= 0.6 is 0 Å². The lowest BCUT2D eigenvalue weighted by molar-refractivity contribution is 0.0701. The fraction of sp³-hybridized carbons (Fsp3) is 0.692. The maximum atomic E-state index is 14.6. The number of fused-ring (bicyclic) bond motifs is 2. The lowest BCUT2D eigenvalue weighted by Gasteiger charge is -2.43. The number of alkyl halides is 1. The van der Waals surface area contributed by atoms with Gasteiger partial charge in [0.1, 0.15) is 6.17 Å². The molecule has 0 aromatic carbocycles. The highest BCUT2D eigenvalue weighted by molar-refractivity contribution is 5.38. The van der Waals surface area contributed by atoms with Crippen LogP contribution in [0.3, 0.4) is 0 Å². The molecule has 0 spiro atoms. The second-order valence-electron chi connectivity index (χ2n) is 5.34. The van der Waals surface area contributed by atoms with Crippen molar-refractivity contribution in [3.8, 4) is 0 Å². The van der Waals surface area contributed by atoms with Crippen molar-refractivity contribution in [3.63, 3.8) is 0 Å². The molecule has 98 valence electrons. The van der Waals surface area contributed by atoms with Gasteiger partial charge in [-0.15, -0.1) is 5.10 Å². The molecule has 0 amide bonds. The quantitative estimate of drug-likeness (QED) is 0.797. The van der Waals surface area contributed by atoms with Gasteiger partial charge in [-0.25, -0.2) is 4.39 Å². The normalized spacial score (nSPS) is 36.5. The molecule has 0 N–H and O–H groups in total. The third kappa shape index (κ3) is 1.77. The molecule has 3 rings (SSSR count). The molecule has 2 saturated heterocycles. The summed E-state index contributed by atoms with van der Waals surface area (Å²) in [6.45, 7) is 0. The van der Waals surface area contributed by atoms with Gasteiger partial charge in [0.05, 0.1) is 7.41 Å². The minimum atomic E-state index is -0.855. The second-order valence-corrected chi connectivity index (χ2v) is 5.34. The van der Waals surface area contributed by atoms with Crippen molar-refractivity contribution in [2.45, 2.75) is 43.6 Å². The molecule has 2 bridgehead atoms. The first-order valence-corrected chi connectivity index (χ1v) is 6.47. The van der Waals surface area contributed by atoms with Crippen molar-refractivity contribution < 1.29 is 5.76 Å². The van der Waals surface area contributed by atoms with Crippen LogP contribution in [-0.4, -0.2) is 53.5 Å². The fourth-order valence-corrected chi connectivity index (χ4v) is 3.36. The number of rotatable bonds is 2. The summed E-state index contributed by atoms with van der Waals surface area (Å²) >= 11 is 0. The molecule has 18 heavy (non-hydrogen) atoms. The number of piperidine rings is 1. The summed E-state index contributed by atoms with van der Waals surface area (Å²) in [7, 11) is 3.90. The molecule has 2 aliphatic rings. The van der Waals surface area contributed by atoms with E-state index in [0.717, 1.165) is 19.3 Å². The molecular weight excluding hydrogens is 231 g/mol. The van der Waals surface area contributed by atoms with Crippen molar-refractivity contribution in [1.82, 2.24) is 15.1 Å². The minimum Gasteiger partial charge on any atom is -0.352 e. The molecule has 0 aliphatic carbocycles. The van der Waals surface area contributed by atoms with Crippen molar-refractivity contribution in [1.29, 1.82) is 0 Å². The van der Waals surface area contributed by atoms with Gasteiger partial charge in [-0.05, 0) is 38.4 Å². The lowest BCUT2D eigenvalue weighted by Crippen LogP contribution is -2.56. The molecule has 0 radical (unpaired) electrons. The average Bonchev–Trinajstić information content (AvgIpc) is 2.66. The van der Waals surface area contributed by atoms with E-state index in [-0.39, 0.29) is 18.3 Å². The van der Waals surface area contributed by atoms with E-state index in [0.29, 0.717) is 11.9 Å². The van der Waals surface area contributed by atoms with Crippen LogP contribution in [0.15, 0.2) is 18.3 Å². The van der Waals surface area contributed by atoms with E-state index >= 15 is 0 Å². The van der Waals surface area contributed by atoms with Crippen LogP contribution < -0.4 is 4.90 Å². The van der Waals surface area contributed by atoms with E-state index in [1.165, 1.54) is 0 Å². The Hall–Kier alpha value is -1.23. The van der Waals surface area contributed by atoms with Crippen LogP contribution in [0.2, 0.25) is 0 Å². The monoisotopic (exact) mass is 251 g/mol. The summed E-state index contributed by atoms with van der Waals surface area (Å²) in [5.74, 6) is 0.646. The summed E-state index contributed by atoms with van der Waals surface area (Å²) in [6, 6.07) is 3.71. The Labute approximate surface area is 108 Å². The van der Waals surface area contributed by atoms with Gasteiger partial charge in [0, 0.05) is 25.3 Å². The highest BCUT2D eigenvalue weighted by Crippen LogP contribution is 2.38. The first kappa shape index (κ1) is 10.7. The highest BCUT2D eigenvalue weighted by Gasteiger charge is 2.47. The Morgan fingerprint density at radius 1 is 1.56 bits per heavy atom. The standard InChI is InChI=1S/C13H19FN4/c1-17-9-5-6-10(17)13(14)11(8-9)18(2)12-4-3-7-15-16-12/h3-4,7,9-11,13H,5-6,8H2,1-2H3/t9-,10+,11-,13+/m0/s1/i7D. The predicted octanol–water partition coefficient (Wildman–Crippen LogP) is 1.49. The molecule has 5 heteroatoms. The molecule has 3 heterocycles. The van der Waals surface area contributed by atoms with E-state index in [9.17, 15) is 4.39 Å². The zero-order chi connectivity index (χ0) is 13.6. The summed E-state index contributed by atoms with van der Waals surface area (Å²) < 4.78 is 22.0. The lowest BCUT2D eigenvalue weighted by atomic mass is 9.95. The van der Waals surface area contributed by atoms with Gasteiger partial charge < -0.3 is 4.90 Å². The zero-order valence-corrected chi connectivity index (χ0v) is 10.8. The zero-order valence-electron chi connectivity index (χ0n) is 11.8. The summed E-state index contributed by atoms with van der Waals surface area (Å²) in [5, 5.41) is 7.72. The number of aromatic nitrogens is 2. The number of anilines is 1. The average molecular weight is 251 g/mol. The Balaban J connectivity index is 1.80. The van der Waals surface area contributed by atoms with E-state index in [2.05, 4.69) is 15.1 Å². The van der Waals surface area contributed by atoms with Gasteiger partial charge in [-0.3, -0.25) is 4.90 Å². The largest absolute Gasteiger partial charge is 0.352 e. The maximum absolute atomic E-state index is 14.6. The molecule has 1 aromatic heterocycles. The molecule has 2 aliphatic heterocycles. The first-order valence-electron chi connectivity index (χ1n) is 6.97. The van der Waals surface area contributed by atoms with E-state index in [1.807, 2.05) is 19.0 Å². The van der Waals surface area contributed by atoms with Crippen LogP contribution in [-0.2, 0) is 0 Å². The Morgan fingerprint density at radius 3 is 3.11 bits per heavy atom. The van der Waals surface area contributed by atoms with Crippen molar-refractivity contribution in [3.05, 3.63) is 18.3 Å². The van der Waals surface area contributed by atoms with Gasteiger partial charge >= 0.3 is 0 Å². The third-order valence-electron chi connectivity index (χ3n) is 4.52. The van der Waals surface area contributed by atoms with Gasteiger partial charge in [0.25, 0.3) is 0 Å². The van der Waals surface area contributed by atoms with Gasteiger partial charge in [0.2, 0.25) is 0 Å². The topological polar surface area (TPSA) is 32.3 Å². The fourth-order valence-electron chi connectivity index (χ4n) is 3.36. The molecule has 0 saturated carbocycles. The molecule has 0 unspecified atom stereocenters. The maximum Gasteiger partial charge on any atom is 0.151 e. The van der Waals surface area contributed by atoms with E-state index in [1.54, 1.807) is 12.1 Å². The summed E-state index contributed by atoms with van der Waals surface area (Å²) in [4.78, 5) is 4.07. The Morgan fingerprint density at radius 2 is 2.39 bits per heavy atom. The Kier molecular flexibility index (Phi) is 2.64. The third-order valence-corrected chi connectivity index (χ3v) is 4.52. The van der Waals surface area contributed by atoms with Crippen LogP contribution in [0.1, 0.15) is 20.6 Å². The van der Waals surface area contributed by atoms with E-state index in [4.69, 9.17) is 1.37 Å². The molecule has 4 atom stereocenters. The smallest absolute Gasteiger partial charge is 0.151 e. The number of hydrogen-bond acceptors (Lipinski definition) is 4. The van der Waals surface area contributed by atoms with Crippen LogP contribution in [0.5, 0.6) is 0 Å². The summed E-state index contributed by atoms with van der Waals surface area (Å²) in [5.41, 5.74) is 0. The first-order chi connectivity index (χ1) is 9.08. The predicted molar refractivity (Wildman–Crippen MR) is 68.3 cm³/mol. The highest BCUT2D eigenvalue weighted by atomic mass is 19.1. The van der Waals surface area contributed by atoms with Crippen molar-refractivity contribution in [2.75, 3.05) is 19.0 Å². The van der Waals surface area contributed by atoms with Crippen LogP contribution in [0.25, 0.3) is 0 Å².